The van der Waals surface area contributed by atoms with Crippen molar-refractivity contribution in [3.8, 4) is 0 Å². The third-order valence-corrected chi connectivity index (χ3v) is 0.257. The monoisotopic (exact) mass is 72.0 g/mol. The Kier molecular flexibility index (Phi) is 3.36. The van der Waals surface area contributed by atoms with Crippen LogP contribution in [-0.2, 0) is 4.79 Å². The van der Waals surface area contributed by atoms with Gasteiger partial charge in [-0.25, -0.2) is 5.32 Å². The van der Waals surface area contributed by atoms with Crippen LogP contribution >= 0.6 is 0 Å². The maximum atomic E-state index is 9.31. The van der Waals surface area contributed by atoms with Crippen LogP contribution in [0, 0.1) is 0 Å². The number of carbonyl (C=O) groups is 1. The highest BCUT2D eigenvalue weighted by Crippen LogP contribution is 1.37. The van der Waals surface area contributed by atoms with Gasteiger partial charge in [-0.05, 0) is 0 Å². The highest BCUT2D eigenvalue weighted by Gasteiger charge is 1.65. The van der Waals surface area contributed by atoms with Crippen LogP contribution in [0.15, 0.2) is 0 Å². The van der Waals surface area contributed by atoms with Gasteiger partial charge in [0.2, 0.25) is 0 Å². The molecule has 0 spiro atoms. The Morgan fingerprint density at radius 1 is 2.00 bits per heavy atom. The second-order valence-corrected chi connectivity index (χ2v) is 0.665. The minimum Gasteiger partial charge on any atom is -0.302 e. The SMILES string of the molecule is C[N]CC=O. The third-order valence-electron chi connectivity index (χ3n) is 0.257. The molecule has 0 aromatic rings. The lowest BCUT2D eigenvalue weighted by Gasteiger charge is -1.71. The summed E-state index contributed by atoms with van der Waals surface area (Å²) >= 11 is 0. The molecule has 0 heterocycles. The van der Waals surface area contributed by atoms with Crippen LogP contribution in [0.4, 0.5) is 0 Å². The van der Waals surface area contributed by atoms with E-state index >= 15 is 0 Å². The molecule has 0 rings (SSSR count). The highest BCUT2D eigenvalue weighted by molar-refractivity contribution is 5.51. The van der Waals surface area contributed by atoms with Crippen molar-refractivity contribution in [1.82, 2.24) is 5.32 Å². The Hall–Kier alpha value is -0.370. The van der Waals surface area contributed by atoms with Gasteiger partial charge in [0, 0.05) is 7.05 Å². The Balaban J connectivity index is 2.40. The first-order valence-electron chi connectivity index (χ1n) is 1.41. The standard InChI is InChI=1S/C3H6NO/c1-4-2-3-5/h3H,2H2,1H3. The van der Waals surface area contributed by atoms with E-state index in [4.69, 9.17) is 0 Å². The lowest BCUT2D eigenvalue weighted by molar-refractivity contribution is -0.107. The third kappa shape index (κ3) is 3.63. The summed E-state index contributed by atoms with van der Waals surface area (Å²) in [5.74, 6) is 0. The van der Waals surface area contributed by atoms with Crippen LogP contribution in [0.25, 0.3) is 0 Å². The number of hydrogen-bond acceptors (Lipinski definition) is 1. The van der Waals surface area contributed by atoms with Gasteiger partial charge in [0.15, 0.2) is 0 Å². The first-order valence-corrected chi connectivity index (χ1v) is 1.41. The van der Waals surface area contributed by atoms with Crippen molar-refractivity contribution in [1.29, 1.82) is 0 Å². The number of hydrogen-bond donors (Lipinski definition) is 0. The Labute approximate surface area is 31.2 Å². The molecule has 0 aliphatic rings. The van der Waals surface area contributed by atoms with E-state index in [0.717, 1.165) is 6.29 Å². The molecule has 29 valence electrons. The Bertz CT molecular complexity index is 28.1. The van der Waals surface area contributed by atoms with E-state index in [2.05, 4.69) is 5.32 Å². The predicted molar refractivity (Wildman–Crippen MR) is 19.0 cm³/mol. The van der Waals surface area contributed by atoms with Gasteiger partial charge in [0.25, 0.3) is 0 Å². The second-order valence-electron chi connectivity index (χ2n) is 0.665. The van der Waals surface area contributed by atoms with Gasteiger partial charge in [-0.3, -0.25) is 0 Å². The molecular weight excluding hydrogens is 66.0 g/mol. The molecule has 0 saturated carbocycles. The fourth-order valence-corrected chi connectivity index (χ4v) is 0.0745. The first-order chi connectivity index (χ1) is 2.41. The first kappa shape index (κ1) is 4.63. The molecule has 5 heavy (non-hydrogen) atoms. The second kappa shape index (κ2) is 3.63. The van der Waals surface area contributed by atoms with Crippen molar-refractivity contribution in [2.75, 3.05) is 13.6 Å². The molecule has 0 aliphatic carbocycles. The van der Waals surface area contributed by atoms with E-state index in [1.807, 2.05) is 0 Å². The van der Waals surface area contributed by atoms with Gasteiger partial charge in [-0.1, -0.05) is 0 Å². The smallest absolute Gasteiger partial charge is 0.135 e. The summed E-state index contributed by atoms with van der Waals surface area (Å²) in [5.41, 5.74) is 0. The van der Waals surface area contributed by atoms with Crippen molar-refractivity contribution in [3.05, 3.63) is 0 Å². The van der Waals surface area contributed by atoms with E-state index in [1.54, 1.807) is 7.05 Å². The Morgan fingerprint density at radius 3 is 2.60 bits per heavy atom. The zero-order valence-corrected chi connectivity index (χ0v) is 3.14. The van der Waals surface area contributed by atoms with E-state index in [0.29, 0.717) is 6.54 Å². The summed E-state index contributed by atoms with van der Waals surface area (Å²) < 4.78 is 0. The van der Waals surface area contributed by atoms with Crippen LogP contribution in [0.3, 0.4) is 0 Å². The maximum Gasteiger partial charge on any atom is 0.135 e. The fourth-order valence-electron chi connectivity index (χ4n) is 0.0745. The quantitative estimate of drug-likeness (QED) is 0.401. The lowest BCUT2D eigenvalue weighted by atomic mass is 10.7. The molecule has 0 aromatic heterocycles. The molecule has 0 aliphatic heterocycles. The molecule has 0 unspecified atom stereocenters. The van der Waals surface area contributed by atoms with Gasteiger partial charge in [0.1, 0.15) is 6.29 Å². The molecule has 0 aromatic carbocycles. The Morgan fingerprint density at radius 2 is 2.60 bits per heavy atom. The average Bonchev–Trinajstić information content (AvgIpc) is 1.41. The van der Waals surface area contributed by atoms with Crippen LogP contribution in [-0.4, -0.2) is 19.9 Å². The minimum absolute atomic E-state index is 0.333. The maximum absolute atomic E-state index is 9.31. The summed E-state index contributed by atoms with van der Waals surface area (Å²) in [7, 11) is 1.61. The summed E-state index contributed by atoms with van der Waals surface area (Å²) in [5, 5.41) is 3.49. The summed E-state index contributed by atoms with van der Waals surface area (Å²) in [6.45, 7) is 0.333. The molecule has 2 nitrogen and oxygen atoms in total. The van der Waals surface area contributed by atoms with Crippen LogP contribution in [0.2, 0.25) is 0 Å². The molecular formula is C3H6NO. The van der Waals surface area contributed by atoms with Gasteiger partial charge >= 0.3 is 0 Å². The van der Waals surface area contributed by atoms with Crippen molar-refractivity contribution >= 4 is 6.29 Å². The zero-order chi connectivity index (χ0) is 4.12. The predicted octanol–water partition coefficient (Wildman–Crippen LogP) is -0.581. The molecule has 2 heteroatoms. The van der Waals surface area contributed by atoms with Gasteiger partial charge < -0.3 is 4.79 Å². The number of nitrogens with zero attached hydrogens (tertiary/aromatic N) is 1. The zero-order valence-electron chi connectivity index (χ0n) is 3.14. The lowest BCUT2D eigenvalue weighted by Crippen LogP contribution is -1.98. The average molecular weight is 72.1 g/mol. The fraction of sp³-hybridized carbons (Fsp3) is 0.667. The van der Waals surface area contributed by atoms with Gasteiger partial charge in [-0.2, -0.15) is 0 Å². The number of rotatable bonds is 2. The molecule has 0 amide bonds. The number of likely N-dealkylation sites (N-methyl/N-ethyl adjacent to an activating group) is 1. The van der Waals surface area contributed by atoms with Crippen molar-refractivity contribution < 1.29 is 4.79 Å². The van der Waals surface area contributed by atoms with Crippen molar-refractivity contribution in [3.63, 3.8) is 0 Å². The van der Waals surface area contributed by atoms with Crippen LogP contribution in [0.1, 0.15) is 0 Å². The summed E-state index contributed by atoms with van der Waals surface area (Å²) in [6.07, 6.45) is 0.764. The molecule has 0 atom stereocenters. The summed E-state index contributed by atoms with van der Waals surface area (Å²) in [4.78, 5) is 9.31. The minimum atomic E-state index is 0.333. The molecule has 0 N–H and O–H groups in total. The molecule has 0 fully saturated rings. The van der Waals surface area contributed by atoms with Gasteiger partial charge in [0.05, 0.1) is 6.54 Å². The number of aldehydes is 1. The number of carbonyl (C=O) groups excluding carboxylic acids is 1. The van der Waals surface area contributed by atoms with Crippen LogP contribution < -0.4 is 5.32 Å². The molecule has 1 radical (unpaired) electrons. The van der Waals surface area contributed by atoms with E-state index in [1.165, 1.54) is 0 Å². The van der Waals surface area contributed by atoms with E-state index in [9.17, 15) is 4.79 Å². The highest BCUT2D eigenvalue weighted by atomic mass is 16.1. The topological polar surface area (TPSA) is 31.2 Å². The van der Waals surface area contributed by atoms with E-state index < -0.39 is 0 Å². The van der Waals surface area contributed by atoms with Crippen LogP contribution in [0.5, 0.6) is 0 Å². The molecule has 0 bridgehead atoms. The van der Waals surface area contributed by atoms with Gasteiger partial charge in [-0.15, -0.1) is 0 Å². The van der Waals surface area contributed by atoms with E-state index in [-0.39, 0.29) is 0 Å². The largest absolute Gasteiger partial charge is 0.302 e. The normalized spacial score (nSPS) is 7.40. The summed E-state index contributed by atoms with van der Waals surface area (Å²) in [6, 6.07) is 0. The van der Waals surface area contributed by atoms with Crippen molar-refractivity contribution in [2.45, 2.75) is 0 Å². The molecule has 0 saturated heterocycles. The van der Waals surface area contributed by atoms with Crippen molar-refractivity contribution in [2.24, 2.45) is 0 Å².